The number of carbonyl (C=O) groups excluding carboxylic acids is 1. The van der Waals surface area contributed by atoms with E-state index in [1.807, 2.05) is 42.2 Å². The van der Waals surface area contributed by atoms with Gasteiger partial charge in [0.15, 0.2) is 6.61 Å². The van der Waals surface area contributed by atoms with Crippen molar-refractivity contribution in [1.82, 2.24) is 19.4 Å². The number of para-hydroxylation sites is 1. The van der Waals surface area contributed by atoms with E-state index >= 15 is 0 Å². The maximum Gasteiger partial charge on any atom is 0.260 e. The molecule has 0 radical (unpaired) electrons. The van der Waals surface area contributed by atoms with Crippen LogP contribution >= 0.6 is 11.5 Å². The first-order chi connectivity index (χ1) is 12.6. The van der Waals surface area contributed by atoms with Gasteiger partial charge in [0.25, 0.3) is 5.91 Å². The van der Waals surface area contributed by atoms with Crippen LogP contribution in [0.3, 0.4) is 0 Å². The van der Waals surface area contributed by atoms with Gasteiger partial charge in [-0.05, 0) is 55.4 Å². The highest BCUT2D eigenvalue weighted by molar-refractivity contribution is 7.05. The van der Waals surface area contributed by atoms with E-state index in [0.29, 0.717) is 17.8 Å². The largest absolute Gasteiger partial charge is 0.484 e. The second-order valence-electron chi connectivity index (χ2n) is 7.37. The average molecular weight is 372 g/mol. The molecule has 2 aromatic rings. The summed E-state index contributed by atoms with van der Waals surface area (Å²) in [6.07, 6.45) is 0. The quantitative estimate of drug-likeness (QED) is 0.745. The lowest BCUT2D eigenvalue weighted by atomic mass is 10.2. The Hall–Kier alpha value is -1.99. The van der Waals surface area contributed by atoms with Gasteiger partial charge in [-0.15, -0.1) is 5.10 Å². The van der Waals surface area contributed by atoms with Crippen molar-refractivity contribution in [2.75, 3.05) is 33.3 Å². The molecule has 0 spiro atoms. The maximum absolute atomic E-state index is 12.3. The fourth-order valence-electron chi connectivity index (χ4n) is 3.94. The van der Waals surface area contributed by atoms with Crippen molar-refractivity contribution >= 4 is 17.4 Å². The van der Waals surface area contributed by atoms with Gasteiger partial charge in [-0.1, -0.05) is 22.7 Å². The Bertz CT molecular complexity index is 754. The molecule has 2 fully saturated rings. The number of hydrogen-bond donors (Lipinski definition) is 0. The predicted octanol–water partition coefficient (Wildman–Crippen LogP) is 2.06. The van der Waals surface area contributed by atoms with Gasteiger partial charge in [-0.3, -0.25) is 4.79 Å². The minimum Gasteiger partial charge on any atom is -0.484 e. The number of carbonyl (C=O) groups is 1. The Morgan fingerprint density at radius 1 is 1.31 bits per heavy atom. The highest BCUT2D eigenvalue weighted by Crippen LogP contribution is 2.52. The van der Waals surface area contributed by atoms with E-state index in [2.05, 4.69) is 21.5 Å². The number of rotatable bonds is 7. The van der Waals surface area contributed by atoms with Crippen LogP contribution in [-0.4, -0.2) is 58.6 Å². The first kappa shape index (κ1) is 17.4. The Morgan fingerprint density at radius 3 is 2.69 bits per heavy atom. The van der Waals surface area contributed by atoms with Crippen LogP contribution in [0.25, 0.3) is 0 Å². The number of likely N-dealkylation sites (tertiary alicyclic amines) is 1. The second kappa shape index (κ2) is 7.32. The van der Waals surface area contributed by atoms with Crippen molar-refractivity contribution < 1.29 is 9.53 Å². The molecule has 1 saturated heterocycles. The summed E-state index contributed by atoms with van der Waals surface area (Å²) < 4.78 is 9.59. The van der Waals surface area contributed by atoms with Crippen molar-refractivity contribution in [3.05, 3.63) is 40.9 Å². The van der Waals surface area contributed by atoms with Gasteiger partial charge in [0.2, 0.25) is 0 Å². The first-order valence-corrected chi connectivity index (χ1v) is 9.81. The monoisotopic (exact) mass is 372 g/mol. The number of nitrogens with zero attached hydrogens (tertiary/aromatic N) is 4. The van der Waals surface area contributed by atoms with E-state index in [-0.39, 0.29) is 12.5 Å². The van der Waals surface area contributed by atoms with Gasteiger partial charge >= 0.3 is 0 Å². The summed E-state index contributed by atoms with van der Waals surface area (Å²) in [7, 11) is 2.16. The lowest BCUT2D eigenvalue weighted by molar-refractivity contribution is -0.133. The van der Waals surface area contributed by atoms with Gasteiger partial charge in [-0.25, -0.2) is 0 Å². The van der Waals surface area contributed by atoms with Crippen LogP contribution in [0.2, 0.25) is 0 Å². The molecule has 2 heterocycles. The van der Waals surface area contributed by atoms with E-state index in [9.17, 15) is 4.79 Å². The zero-order valence-electron chi connectivity index (χ0n) is 15.2. The topological polar surface area (TPSA) is 58.6 Å². The SMILES string of the molecule is Cc1nnsc1CN(C)CC1C2CN(C(=O)COc3ccccc3)CC12. The van der Waals surface area contributed by atoms with Crippen LogP contribution in [0.5, 0.6) is 5.75 Å². The van der Waals surface area contributed by atoms with Crippen molar-refractivity contribution in [3.8, 4) is 5.75 Å². The molecular weight excluding hydrogens is 348 g/mol. The number of benzene rings is 1. The number of aromatic nitrogens is 2. The van der Waals surface area contributed by atoms with Crippen molar-refractivity contribution in [2.24, 2.45) is 17.8 Å². The molecule has 1 amide bonds. The molecule has 4 rings (SSSR count). The second-order valence-corrected chi connectivity index (χ2v) is 8.21. The van der Waals surface area contributed by atoms with Crippen molar-refractivity contribution in [2.45, 2.75) is 13.5 Å². The molecule has 2 aliphatic rings. The number of ether oxygens (including phenoxy) is 1. The molecular formula is C19H24N4O2S. The lowest BCUT2D eigenvalue weighted by Crippen LogP contribution is -2.36. The van der Waals surface area contributed by atoms with E-state index in [4.69, 9.17) is 4.74 Å². The maximum atomic E-state index is 12.3. The van der Waals surface area contributed by atoms with Crippen molar-refractivity contribution in [1.29, 1.82) is 0 Å². The highest BCUT2D eigenvalue weighted by Gasteiger charge is 2.56. The third kappa shape index (κ3) is 3.73. The summed E-state index contributed by atoms with van der Waals surface area (Å²) >= 11 is 1.49. The zero-order valence-corrected chi connectivity index (χ0v) is 16.0. The molecule has 1 aromatic carbocycles. The smallest absolute Gasteiger partial charge is 0.260 e. The summed E-state index contributed by atoms with van der Waals surface area (Å²) in [5.41, 5.74) is 1.04. The molecule has 26 heavy (non-hydrogen) atoms. The third-order valence-corrected chi connectivity index (χ3v) is 6.32. The fourth-order valence-corrected chi connectivity index (χ4v) is 4.66. The summed E-state index contributed by atoms with van der Waals surface area (Å²) in [6.45, 7) is 5.88. The highest BCUT2D eigenvalue weighted by atomic mass is 32.1. The van der Waals surface area contributed by atoms with E-state index in [1.165, 1.54) is 16.4 Å². The summed E-state index contributed by atoms with van der Waals surface area (Å²) in [5.74, 6) is 2.86. The number of aryl methyl sites for hydroxylation is 1. The third-order valence-electron chi connectivity index (χ3n) is 5.51. The van der Waals surface area contributed by atoms with Crippen LogP contribution in [0, 0.1) is 24.7 Å². The molecule has 1 aromatic heterocycles. The van der Waals surface area contributed by atoms with E-state index < -0.39 is 0 Å². The first-order valence-electron chi connectivity index (χ1n) is 9.04. The molecule has 138 valence electrons. The van der Waals surface area contributed by atoms with Crippen LogP contribution in [-0.2, 0) is 11.3 Å². The molecule has 0 bridgehead atoms. The number of amides is 1. The average Bonchev–Trinajstić information content (AvgIpc) is 2.99. The van der Waals surface area contributed by atoms with Gasteiger partial charge in [-0.2, -0.15) is 0 Å². The summed E-state index contributed by atoms with van der Waals surface area (Å²) in [4.78, 5) is 17.9. The van der Waals surface area contributed by atoms with Gasteiger partial charge < -0.3 is 14.5 Å². The lowest BCUT2D eigenvalue weighted by Gasteiger charge is -2.22. The summed E-state index contributed by atoms with van der Waals surface area (Å²) in [5, 5.41) is 4.08. The molecule has 7 heteroatoms. The molecule has 6 nitrogen and oxygen atoms in total. The minimum atomic E-state index is 0.0968. The number of hydrogen-bond acceptors (Lipinski definition) is 6. The molecule has 1 aliphatic heterocycles. The molecule has 2 atom stereocenters. The Labute approximate surface area is 157 Å². The van der Waals surface area contributed by atoms with Gasteiger partial charge in [0.05, 0.1) is 10.6 Å². The number of fused-ring (bicyclic) bond motifs is 1. The Kier molecular flexibility index (Phi) is 4.91. The summed E-state index contributed by atoms with van der Waals surface area (Å²) in [6, 6.07) is 9.51. The van der Waals surface area contributed by atoms with Gasteiger partial charge in [0, 0.05) is 26.2 Å². The predicted molar refractivity (Wildman–Crippen MR) is 100.0 cm³/mol. The molecule has 1 saturated carbocycles. The Balaban J connectivity index is 1.20. The fraction of sp³-hybridized carbons (Fsp3) is 0.526. The van der Waals surface area contributed by atoms with Crippen LogP contribution in [0.15, 0.2) is 30.3 Å². The molecule has 2 unspecified atom stereocenters. The standard InChI is InChI=1S/C19H24N4O2S/c1-13-18(26-21-20-13)11-22(2)8-15-16-9-23(10-17(15)16)19(24)12-25-14-6-4-3-5-7-14/h3-7,15-17H,8-12H2,1-2H3. The normalized spacial score (nSPS) is 24.0. The van der Waals surface area contributed by atoms with E-state index in [0.717, 1.165) is 37.6 Å². The van der Waals surface area contributed by atoms with Crippen LogP contribution in [0.1, 0.15) is 10.6 Å². The molecule has 0 N–H and O–H groups in total. The van der Waals surface area contributed by atoms with Crippen LogP contribution in [0.4, 0.5) is 0 Å². The zero-order chi connectivity index (χ0) is 18.1. The van der Waals surface area contributed by atoms with Crippen LogP contribution < -0.4 is 4.74 Å². The van der Waals surface area contributed by atoms with Crippen molar-refractivity contribution in [3.63, 3.8) is 0 Å². The Morgan fingerprint density at radius 2 is 2.04 bits per heavy atom. The molecule has 1 aliphatic carbocycles. The van der Waals surface area contributed by atoms with E-state index in [1.54, 1.807) is 0 Å². The van der Waals surface area contributed by atoms with Gasteiger partial charge in [0.1, 0.15) is 5.75 Å². The number of piperidine rings is 1. The minimum absolute atomic E-state index is 0.0968.